The molecule has 0 aliphatic heterocycles. The van der Waals surface area contributed by atoms with Crippen LogP contribution in [0.1, 0.15) is 37.0 Å². The van der Waals surface area contributed by atoms with E-state index in [0.29, 0.717) is 11.6 Å². The molecule has 0 radical (unpaired) electrons. The van der Waals surface area contributed by atoms with Crippen LogP contribution in [0.15, 0.2) is 48.8 Å². The number of benzene rings is 1. The highest BCUT2D eigenvalue weighted by Crippen LogP contribution is 2.40. The number of carbonyl (C=O) groups excluding carboxylic acids is 1. The number of aromatic nitrogens is 2. The molecule has 0 spiro atoms. The average Bonchev–Trinajstić information content (AvgIpc) is 3.23. The van der Waals surface area contributed by atoms with E-state index in [1.165, 1.54) is 0 Å². The lowest BCUT2D eigenvalue weighted by atomic mass is 9.83. The van der Waals surface area contributed by atoms with Gasteiger partial charge in [-0.25, -0.2) is 4.52 Å². The van der Waals surface area contributed by atoms with Crippen molar-refractivity contribution >= 4 is 17.1 Å². The molecule has 146 valence electrons. The van der Waals surface area contributed by atoms with E-state index in [1.807, 2.05) is 36.0 Å². The highest BCUT2D eigenvalue weighted by Gasteiger charge is 2.42. The van der Waals surface area contributed by atoms with Crippen molar-refractivity contribution in [1.29, 1.82) is 0 Å². The minimum atomic E-state index is -0.471. The normalized spacial score (nSPS) is 21.1. The SMILES string of the molecule is CNC1CC[C@@H](Nc2c(C(N)=O)cnn3cc(-c4ccccc4)cc23)C1(C)C. The summed E-state index contributed by atoms with van der Waals surface area (Å²) in [4.78, 5) is 12.1. The molecule has 1 amide bonds. The standard InChI is InChI=1S/C22H27N5O/c1-22(2)18(24-3)9-10-19(22)26-20-16(21(23)28)12-25-27-13-15(11-17(20)27)14-7-5-4-6-8-14/h4-8,11-13,18-19,24,26H,9-10H2,1-3H3,(H2,23,28)/t18?,19-/m1/s1. The first kappa shape index (κ1) is 18.5. The van der Waals surface area contributed by atoms with Gasteiger partial charge in [-0.15, -0.1) is 0 Å². The predicted molar refractivity (Wildman–Crippen MR) is 112 cm³/mol. The molecule has 1 aromatic carbocycles. The molecule has 1 aliphatic carbocycles. The van der Waals surface area contributed by atoms with Crippen LogP contribution < -0.4 is 16.4 Å². The Morgan fingerprint density at radius 1 is 1.18 bits per heavy atom. The Morgan fingerprint density at radius 2 is 1.89 bits per heavy atom. The summed E-state index contributed by atoms with van der Waals surface area (Å²) in [7, 11) is 2.01. The van der Waals surface area contributed by atoms with Gasteiger partial charge < -0.3 is 16.4 Å². The van der Waals surface area contributed by atoms with E-state index in [-0.39, 0.29) is 11.5 Å². The molecule has 3 aromatic rings. The van der Waals surface area contributed by atoms with Crippen molar-refractivity contribution in [3.05, 3.63) is 54.4 Å². The number of anilines is 1. The van der Waals surface area contributed by atoms with Crippen molar-refractivity contribution in [1.82, 2.24) is 14.9 Å². The summed E-state index contributed by atoms with van der Waals surface area (Å²) < 4.78 is 1.81. The number of fused-ring (bicyclic) bond motifs is 1. The van der Waals surface area contributed by atoms with Crippen molar-refractivity contribution < 1.29 is 4.79 Å². The van der Waals surface area contributed by atoms with Crippen molar-refractivity contribution in [2.24, 2.45) is 11.1 Å². The lowest BCUT2D eigenvalue weighted by molar-refractivity contribution is 0.100. The number of hydrogen-bond donors (Lipinski definition) is 3. The highest BCUT2D eigenvalue weighted by molar-refractivity contribution is 6.02. The summed E-state index contributed by atoms with van der Waals surface area (Å²) in [5, 5.41) is 11.5. The molecular weight excluding hydrogens is 350 g/mol. The first-order valence-electron chi connectivity index (χ1n) is 9.72. The third-order valence-corrected chi connectivity index (χ3v) is 6.22. The monoisotopic (exact) mass is 377 g/mol. The fourth-order valence-electron chi connectivity index (χ4n) is 4.45. The van der Waals surface area contributed by atoms with Crippen LogP contribution in [0.4, 0.5) is 5.69 Å². The van der Waals surface area contributed by atoms with E-state index in [9.17, 15) is 4.79 Å². The summed E-state index contributed by atoms with van der Waals surface area (Å²) in [6.07, 6.45) is 5.66. The Kier molecular flexibility index (Phi) is 4.59. The maximum Gasteiger partial charge on any atom is 0.252 e. The van der Waals surface area contributed by atoms with Crippen LogP contribution in [-0.4, -0.2) is 34.7 Å². The number of nitrogens with one attached hydrogen (secondary N) is 2. The van der Waals surface area contributed by atoms with E-state index < -0.39 is 5.91 Å². The van der Waals surface area contributed by atoms with Gasteiger partial charge in [-0.05, 0) is 31.5 Å². The van der Waals surface area contributed by atoms with E-state index in [0.717, 1.165) is 35.2 Å². The largest absolute Gasteiger partial charge is 0.379 e. The average molecular weight is 377 g/mol. The topological polar surface area (TPSA) is 84.5 Å². The second kappa shape index (κ2) is 6.95. The van der Waals surface area contributed by atoms with Crippen LogP contribution in [0.3, 0.4) is 0 Å². The summed E-state index contributed by atoms with van der Waals surface area (Å²) in [6.45, 7) is 4.52. The van der Waals surface area contributed by atoms with E-state index >= 15 is 0 Å². The number of rotatable bonds is 5. The van der Waals surface area contributed by atoms with Gasteiger partial charge in [-0.1, -0.05) is 44.2 Å². The molecule has 4 N–H and O–H groups in total. The fourth-order valence-corrected chi connectivity index (χ4v) is 4.45. The van der Waals surface area contributed by atoms with Crippen molar-refractivity contribution in [2.75, 3.05) is 12.4 Å². The summed E-state index contributed by atoms with van der Waals surface area (Å²) in [5.41, 5.74) is 9.93. The molecule has 2 atom stereocenters. The number of nitrogens with two attached hydrogens (primary N) is 1. The Labute approximate surface area is 165 Å². The van der Waals surface area contributed by atoms with E-state index in [2.05, 4.69) is 47.8 Å². The van der Waals surface area contributed by atoms with Gasteiger partial charge in [0.2, 0.25) is 0 Å². The second-order valence-electron chi connectivity index (χ2n) is 8.16. The Bertz CT molecular complexity index is 1010. The van der Waals surface area contributed by atoms with Crippen LogP contribution in [0.2, 0.25) is 0 Å². The zero-order chi connectivity index (χ0) is 19.9. The third-order valence-electron chi connectivity index (χ3n) is 6.22. The van der Waals surface area contributed by atoms with Crippen molar-refractivity contribution in [3.8, 4) is 11.1 Å². The van der Waals surface area contributed by atoms with Crippen molar-refractivity contribution in [2.45, 2.75) is 38.8 Å². The second-order valence-corrected chi connectivity index (χ2v) is 8.16. The summed E-state index contributed by atoms with van der Waals surface area (Å²) in [6, 6.07) is 12.9. The highest BCUT2D eigenvalue weighted by atomic mass is 16.1. The number of nitrogens with zero attached hydrogens (tertiary/aromatic N) is 2. The lowest BCUT2D eigenvalue weighted by Crippen LogP contribution is -2.43. The van der Waals surface area contributed by atoms with Gasteiger partial charge in [0.15, 0.2) is 0 Å². The molecule has 0 bridgehead atoms. The predicted octanol–water partition coefficient (Wildman–Crippen LogP) is 3.29. The molecule has 1 unspecified atom stereocenters. The molecule has 1 saturated carbocycles. The Hall–Kier alpha value is -2.86. The molecule has 2 aromatic heterocycles. The summed E-state index contributed by atoms with van der Waals surface area (Å²) in [5.74, 6) is -0.471. The Morgan fingerprint density at radius 3 is 2.54 bits per heavy atom. The van der Waals surface area contributed by atoms with E-state index in [4.69, 9.17) is 5.73 Å². The van der Waals surface area contributed by atoms with Gasteiger partial charge in [0.05, 0.1) is 23.0 Å². The molecule has 28 heavy (non-hydrogen) atoms. The Balaban J connectivity index is 1.80. The van der Waals surface area contributed by atoms with Crippen molar-refractivity contribution in [3.63, 3.8) is 0 Å². The lowest BCUT2D eigenvalue weighted by Gasteiger charge is -2.34. The van der Waals surface area contributed by atoms with Gasteiger partial charge in [-0.3, -0.25) is 4.79 Å². The van der Waals surface area contributed by atoms with Crippen LogP contribution in [0.25, 0.3) is 16.6 Å². The van der Waals surface area contributed by atoms with Crippen LogP contribution >= 0.6 is 0 Å². The van der Waals surface area contributed by atoms with Gasteiger partial charge in [0.1, 0.15) is 0 Å². The van der Waals surface area contributed by atoms with Gasteiger partial charge >= 0.3 is 0 Å². The minimum Gasteiger partial charge on any atom is -0.379 e. The molecule has 2 heterocycles. The number of primary amides is 1. The molecular formula is C22H27N5O. The number of amides is 1. The van der Waals surface area contributed by atoms with Crippen LogP contribution in [-0.2, 0) is 0 Å². The zero-order valence-electron chi connectivity index (χ0n) is 16.6. The fraction of sp³-hybridized carbons (Fsp3) is 0.364. The first-order valence-corrected chi connectivity index (χ1v) is 9.72. The smallest absolute Gasteiger partial charge is 0.252 e. The third kappa shape index (κ3) is 3.03. The number of carbonyl (C=O) groups is 1. The molecule has 1 fully saturated rings. The summed E-state index contributed by atoms with van der Waals surface area (Å²) >= 11 is 0. The number of hydrogen-bond acceptors (Lipinski definition) is 4. The van der Waals surface area contributed by atoms with Gasteiger partial charge in [0.25, 0.3) is 5.91 Å². The first-order chi connectivity index (χ1) is 13.4. The van der Waals surface area contributed by atoms with Crippen LogP contribution in [0, 0.1) is 5.41 Å². The zero-order valence-corrected chi connectivity index (χ0v) is 16.6. The van der Waals surface area contributed by atoms with Gasteiger partial charge in [0, 0.05) is 29.3 Å². The minimum absolute atomic E-state index is 0.0405. The quantitative estimate of drug-likeness (QED) is 0.637. The van der Waals surface area contributed by atoms with E-state index in [1.54, 1.807) is 6.20 Å². The van der Waals surface area contributed by atoms with Gasteiger partial charge in [-0.2, -0.15) is 5.10 Å². The maximum atomic E-state index is 12.1. The molecule has 4 rings (SSSR count). The molecule has 0 saturated heterocycles. The molecule has 6 nitrogen and oxygen atoms in total. The molecule has 6 heteroatoms. The molecule has 1 aliphatic rings. The maximum absolute atomic E-state index is 12.1. The van der Waals surface area contributed by atoms with Crippen LogP contribution in [0.5, 0.6) is 0 Å².